The van der Waals surface area contributed by atoms with Crippen molar-refractivity contribution in [3.63, 3.8) is 0 Å². The Morgan fingerprint density at radius 3 is 2.74 bits per heavy atom. The number of aromatic nitrogens is 5. The minimum absolute atomic E-state index is 0.231. The molecule has 0 atom stereocenters. The van der Waals surface area contributed by atoms with E-state index in [-0.39, 0.29) is 17.5 Å². The number of hydrogen-bond donors (Lipinski definition) is 2. The second-order valence-corrected chi connectivity index (χ2v) is 4.83. The fraction of sp³-hybridized carbons (Fsp3) is 0.417. The molecule has 0 fully saturated rings. The number of amides is 1. The molecule has 0 spiro atoms. The molecule has 2 N–H and O–H groups in total. The number of nitrogens with one attached hydrogen (secondary N) is 2. The van der Waals surface area contributed by atoms with Gasteiger partial charge in [0.15, 0.2) is 5.69 Å². The topological polar surface area (TPSA) is 97.6 Å². The minimum atomic E-state index is -4.51. The van der Waals surface area contributed by atoms with E-state index in [1.807, 2.05) is 0 Å². The largest absolute Gasteiger partial charge is 0.435 e. The lowest BCUT2D eigenvalue weighted by Crippen LogP contribution is -2.36. The average Bonchev–Trinajstić information content (AvgIpc) is 2.92. The molecule has 122 valence electrons. The third kappa shape index (κ3) is 3.22. The van der Waals surface area contributed by atoms with Crippen molar-refractivity contribution in [3.05, 3.63) is 29.5 Å². The number of rotatable bonds is 4. The minimum Gasteiger partial charge on any atom is -0.368 e. The normalized spacial score (nSPS) is 14.3. The lowest BCUT2D eigenvalue weighted by Gasteiger charge is -2.15. The van der Waals surface area contributed by atoms with Gasteiger partial charge in [0.1, 0.15) is 11.6 Å². The fourth-order valence-electron chi connectivity index (χ4n) is 2.16. The van der Waals surface area contributed by atoms with Crippen molar-refractivity contribution in [2.75, 3.05) is 18.4 Å². The summed E-state index contributed by atoms with van der Waals surface area (Å²) in [6.45, 7) is 1.47. The number of anilines is 1. The Balaban J connectivity index is 1.59. The maximum atomic E-state index is 12.4. The van der Waals surface area contributed by atoms with Gasteiger partial charge in [0.2, 0.25) is 5.82 Å². The first kappa shape index (κ1) is 15.2. The number of hydrogen-bond acceptors (Lipinski definition) is 6. The summed E-state index contributed by atoms with van der Waals surface area (Å²) < 4.78 is 38.8. The zero-order valence-corrected chi connectivity index (χ0v) is 11.8. The van der Waals surface area contributed by atoms with Crippen LogP contribution >= 0.6 is 0 Å². The highest BCUT2D eigenvalue weighted by Gasteiger charge is 2.32. The van der Waals surface area contributed by atoms with Gasteiger partial charge in [0.05, 0.1) is 0 Å². The zero-order chi connectivity index (χ0) is 16.4. The van der Waals surface area contributed by atoms with E-state index in [1.165, 1.54) is 6.07 Å². The number of halogens is 3. The Morgan fingerprint density at radius 2 is 2.04 bits per heavy atom. The quantitative estimate of drug-likeness (QED) is 0.848. The highest BCUT2D eigenvalue weighted by atomic mass is 19.4. The summed E-state index contributed by atoms with van der Waals surface area (Å²) in [5.74, 6) is 0.855. The first-order valence-electron chi connectivity index (χ1n) is 6.80. The van der Waals surface area contributed by atoms with Gasteiger partial charge in [-0.1, -0.05) is 0 Å². The lowest BCUT2D eigenvalue weighted by molar-refractivity contribution is -0.141. The van der Waals surface area contributed by atoms with Gasteiger partial charge in [-0.3, -0.25) is 4.79 Å². The summed E-state index contributed by atoms with van der Waals surface area (Å²) in [6, 6.07) is 2.07. The number of alkyl halides is 3. The molecule has 2 aromatic heterocycles. The Bertz CT molecular complexity index is 710. The molecular weight excluding hydrogens is 315 g/mol. The van der Waals surface area contributed by atoms with Crippen molar-refractivity contribution in [1.29, 1.82) is 0 Å². The van der Waals surface area contributed by atoms with Gasteiger partial charge in [-0.2, -0.15) is 13.2 Å². The van der Waals surface area contributed by atoms with Crippen LogP contribution in [0.5, 0.6) is 0 Å². The molecule has 0 aliphatic carbocycles. The van der Waals surface area contributed by atoms with E-state index in [4.69, 9.17) is 0 Å². The van der Waals surface area contributed by atoms with Crippen LogP contribution in [-0.4, -0.2) is 44.0 Å². The Labute approximate surface area is 128 Å². The standard InChI is InChI=1S/C12H12F3N7O/c13-12(14,15)7-1-2-8(19-18-7)16-4-3-9-20-21-10-11(23)17-5-6-22(9)10/h1-2H,3-6H2,(H,16,19)(H,17,23). The molecule has 11 heteroatoms. The van der Waals surface area contributed by atoms with Gasteiger partial charge in [0, 0.05) is 26.1 Å². The number of nitrogens with zero attached hydrogens (tertiary/aromatic N) is 5. The molecule has 0 saturated carbocycles. The second-order valence-electron chi connectivity index (χ2n) is 4.83. The van der Waals surface area contributed by atoms with E-state index >= 15 is 0 Å². The van der Waals surface area contributed by atoms with Crippen LogP contribution < -0.4 is 10.6 Å². The average molecular weight is 327 g/mol. The molecule has 0 saturated heterocycles. The molecule has 8 nitrogen and oxygen atoms in total. The van der Waals surface area contributed by atoms with Crippen molar-refractivity contribution < 1.29 is 18.0 Å². The van der Waals surface area contributed by atoms with E-state index in [9.17, 15) is 18.0 Å². The first-order valence-corrected chi connectivity index (χ1v) is 6.80. The molecule has 0 bridgehead atoms. The van der Waals surface area contributed by atoms with Crippen LogP contribution in [0, 0.1) is 0 Å². The molecule has 0 aromatic carbocycles. The van der Waals surface area contributed by atoms with Crippen LogP contribution in [0.2, 0.25) is 0 Å². The fourth-order valence-corrected chi connectivity index (χ4v) is 2.16. The molecule has 3 rings (SSSR count). The van der Waals surface area contributed by atoms with Gasteiger partial charge in [0.25, 0.3) is 5.91 Å². The Kier molecular flexibility index (Phi) is 3.84. The van der Waals surface area contributed by atoms with Crippen molar-refractivity contribution in [2.24, 2.45) is 0 Å². The molecule has 3 heterocycles. The van der Waals surface area contributed by atoms with Crippen molar-refractivity contribution in [3.8, 4) is 0 Å². The monoisotopic (exact) mass is 327 g/mol. The number of carbonyl (C=O) groups excluding carboxylic acids is 1. The summed E-state index contributed by atoms with van der Waals surface area (Å²) in [4.78, 5) is 11.5. The van der Waals surface area contributed by atoms with Gasteiger partial charge < -0.3 is 15.2 Å². The Morgan fingerprint density at radius 1 is 1.22 bits per heavy atom. The molecule has 0 radical (unpaired) electrons. The second kappa shape index (κ2) is 5.82. The maximum Gasteiger partial charge on any atom is 0.435 e. The van der Waals surface area contributed by atoms with E-state index in [0.717, 1.165) is 6.07 Å². The van der Waals surface area contributed by atoms with E-state index in [1.54, 1.807) is 4.57 Å². The van der Waals surface area contributed by atoms with Crippen molar-refractivity contribution >= 4 is 11.7 Å². The van der Waals surface area contributed by atoms with Gasteiger partial charge >= 0.3 is 6.18 Å². The first-order chi connectivity index (χ1) is 10.9. The highest BCUT2D eigenvalue weighted by Crippen LogP contribution is 2.27. The van der Waals surface area contributed by atoms with E-state index < -0.39 is 11.9 Å². The smallest absolute Gasteiger partial charge is 0.368 e. The van der Waals surface area contributed by atoms with Gasteiger partial charge in [-0.05, 0) is 12.1 Å². The van der Waals surface area contributed by atoms with Crippen LogP contribution in [0.3, 0.4) is 0 Å². The summed E-state index contributed by atoms with van der Waals surface area (Å²) in [5, 5.41) is 19.9. The summed E-state index contributed by atoms with van der Waals surface area (Å²) in [7, 11) is 0. The highest BCUT2D eigenvalue weighted by molar-refractivity contribution is 5.91. The molecule has 1 aliphatic rings. The summed E-state index contributed by atoms with van der Waals surface area (Å²) >= 11 is 0. The molecule has 23 heavy (non-hydrogen) atoms. The predicted octanol–water partition coefficient (Wildman–Crippen LogP) is 0.485. The van der Waals surface area contributed by atoms with Gasteiger partial charge in [-0.25, -0.2) is 0 Å². The number of carbonyl (C=O) groups is 1. The summed E-state index contributed by atoms with van der Waals surface area (Å²) in [5.41, 5.74) is -1.04. The lowest BCUT2D eigenvalue weighted by atomic mass is 10.3. The molecule has 1 amide bonds. The van der Waals surface area contributed by atoms with E-state index in [0.29, 0.717) is 31.9 Å². The number of fused-ring (bicyclic) bond motifs is 1. The molecule has 0 unspecified atom stereocenters. The third-order valence-corrected chi connectivity index (χ3v) is 3.26. The van der Waals surface area contributed by atoms with Crippen LogP contribution in [0.15, 0.2) is 12.1 Å². The predicted molar refractivity (Wildman–Crippen MR) is 71.6 cm³/mol. The zero-order valence-electron chi connectivity index (χ0n) is 11.8. The van der Waals surface area contributed by atoms with Crippen LogP contribution in [0.4, 0.5) is 19.0 Å². The Hall–Kier alpha value is -2.72. The van der Waals surface area contributed by atoms with Gasteiger partial charge in [-0.15, -0.1) is 20.4 Å². The molecule has 1 aliphatic heterocycles. The van der Waals surface area contributed by atoms with Crippen LogP contribution in [0.1, 0.15) is 22.1 Å². The maximum absolute atomic E-state index is 12.4. The van der Waals surface area contributed by atoms with Crippen molar-refractivity contribution in [1.82, 2.24) is 30.3 Å². The molecular formula is C12H12F3N7O. The van der Waals surface area contributed by atoms with Crippen molar-refractivity contribution in [2.45, 2.75) is 19.1 Å². The SMILES string of the molecule is O=C1NCCn2c(CCNc3ccc(C(F)(F)F)nn3)nnc21. The third-order valence-electron chi connectivity index (χ3n) is 3.26. The van der Waals surface area contributed by atoms with E-state index in [2.05, 4.69) is 31.0 Å². The molecule has 2 aromatic rings. The summed E-state index contributed by atoms with van der Waals surface area (Å²) in [6.07, 6.45) is -4.06. The van der Waals surface area contributed by atoms with Crippen LogP contribution in [-0.2, 0) is 19.1 Å². The van der Waals surface area contributed by atoms with Crippen LogP contribution in [0.25, 0.3) is 0 Å².